The minimum atomic E-state index is -0.296. The Labute approximate surface area is 115 Å². The molecule has 100 valence electrons. The summed E-state index contributed by atoms with van der Waals surface area (Å²) in [5.74, 6) is 0.561. The van der Waals surface area contributed by atoms with Gasteiger partial charge in [-0.15, -0.1) is 0 Å². The van der Waals surface area contributed by atoms with E-state index >= 15 is 0 Å². The molecule has 0 amide bonds. The van der Waals surface area contributed by atoms with Crippen molar-refractivity contribution in [1.29, 1.82) is 0 Å². The van der Waals surface area contributed by atoms with Crippen LogP contribution in [-0.2, 0) is 6.54 Å². The monoisotopic (exact) mass is 269 g/mol. The van der Waals surface area contributed by atoms with Crippen molar-refractivity contribution in [2.45, 2.75) is 6.54 Å². The quantitative estimate of drug-likeness (QED) is 0.793. The normalized spacial score (nSPS) is 10.7. The lowest BCUT2D eigenvalue weighted by Crippen LogP contribution is -1.95. The van der Waals surface area contributed by atoms with Gasteiger partial charge in [0.2, 0.25) is 5.82 Å². The lowest BCUT2D eigenvalue weighted by Gasteiger charge is -1.97. The van der Waals surface area contributed by atoms with Gasteiger partial charge in [-0.3, -0.25) is 0 Å². The highest BCUT2D eigenvalue weighted by Gasteiger charge is 2.10. The molecular formula is C15H12FN3O. The molecule has 2 aromatic carbocycles. The first-order valence-corrected chi connectivity index (χ1v) is 6.15. The van der Waals surface area contributed by atoms with E-state index < -0.39 is 0 Å². The first-order chi connectivity index (χ1) is 9.76. The summed E-state index contributed by atoms with van der Waals surface area (Å²) in [7, 11) is 0. The zero-order valence-corrected chi connectivity index (χ0v) is 10.6. The van der Waals surface area contributed by atoms with E-state index in [1.54, 1.807) is 12.1 Å². The Hall–Kier alpha value is -2.53. The molecule has 5 heteroatoms. The van der Waals surface area contributed by atoms with Crippen LogP contribution in [0.3, 0.4) is 0 Å². The number of benzene rings is 2. The standard InChI is InChI=1S/C15H12FN3O/c16-13-7-5-11(6-8-13)14-18-15(20-19-14)12-3-1-10(9-17)2-4-12/h1-8H,9,17H2. The molecule has 3 rings (SSSR count). The van der Waals surface area contributed by atoms with E-state index in [0.717, 1.165) is 11.1 Å². The molecule has 1 aromatic heterocycles. The van der Waals surface area contributed by atoms with Crippen molar-refractivity contribution in [2.75, 3.05) is 0 Å². The zero-order chi connectivity index (χ0) is 13.9. The van der Waals surface area contributed by atoms with Crippen molar-refractivity contribution in [1.82, 2.24) is 10.1 Å². The Balaban J connectivity index is 1.91. The smallest absolute Gasteiger partial charge is 0.258 e. The second-order valence-electron chi connectivity index (χ2n) is 4.33. The van der Waals surface area contributed by atoms with Crippen molar-refractivity contribution in [3.8, 4) is 22.8 Å². The van der Waals surface area contributed by atoms with E-state index in [4.69, 9.17) is 10.3 Å². The third-order valence-electron chi connectivity index (χ3n) is 2.97. The third-order valence-corrected chi connectivity index (χ3v) is 2.97. The van der Waals surface area contributed by atoms with Gasteiger partial charge in [0.1, 0.15) is 5.82 Å². The third kappa shape index (κ3) is 2.44. The number of hydrogen-bond donors (Lipinski definition) is 1. The van der Waals surface area contributed by atoms with Gasteiger partial charge in [0, 0.05) is 17.7 Å². The highest BCUT2D eigenvalue weighted by Crippen LogP contribution is 2.22. The number of nitrogens with two attached hydrogens (primary N) is 1. The maximum atomic E-state index is 12.9. The predicted octanol–water partition coefficient (Wildman–Crippen LogP) is 3.00. The summed E-state index contributed by atoms with van der Waals surface area (Å²) in [5.41, 5.74) is 8.11. The summed E-state index contributed by atoms with van der Waals surface area (Å²) in [6.45, 7) is 0.491. The molecule has 0 spiro atoms. The van der Waals surface area contributed by atoms with E-state index in [9.17, 15) is 4.39 Å². The first kappa shape index (κ1) is 12.5. The summed E-state index contributed by atoms with van der Waals surface area (Å²) < 4.78 is 18.1. The van der Waals surface area contributed by atoms with Gasteiger partial charge in [-0.25, -0.2) is 4.39 Å². The molecule has 4 nitrogen and oxygen atoms in total. The van der Waals surface area contributed by atoms with E-state index in [1.807, 2.05) is 24.3 Å². The molecule has 20 heavy (non-hydrogen) atoms. The summed E-state index contributed by atoms with van der Waals surface area (Å²) in [5, 5.41) is 3.90. The second-order valence-corrected chi connectivity index (χ2v) is 4.33. The molecule has 0 bridgehead atoms. The van der Waals surface area contributed by atoms with Gasteiger partial charge >= 0.3 is 0 Å². The largest absolute Gasteiger partial charge is 0.334 e. The molecule has 0 saturated heterocycles. The van der Waals surface area contributed by atoms with Gasteiger partial charge in [-0.05, 0) is 42.0 Å². The average molecular weight is 269 g/mol. The minimum absolute atomic E-state index is 0.296. The SMILES string of the molecule is NCc1ccc(-c2nc(-c3ccc(F)cc3)no2)cc1. The summed E-state index contributed by atoms with van der Waals surface area (Å²) in [4.78, 5) is 4.30. The highest BCUT2D eigenvalue weighted by atomic mass is 19.1. The zero-order valence-electron chi connectivity index (χ0n) is 10.6. The number of halogens is 1. The Morgan fingerprint density at radius 1 is 0.950 bits per heavy atom. The Morgan fingerprint density at radius 2 is 1.60 bits per heavy atom. The van der Waals surface area contributed by atoms with Gasteiger partial charge in [0.05, 0.1) is 0 Å². The highest BCUT2D eigenvalue weighted by molar-refractivity contribution is 5.59. The van der Waals surface area contributed by atoms with Crippen LogP contribution in [0.1, 0.15) is 5.56 Å². The molecular weight excluding hydrogens is 257 g/mol. The van der Waals surface area contributed by atoms with Crippen molar-refractivity contribution in [3.63, 3.8) is 0 Å². The molecule has 0 atom stereocenters. The molecule has 1 heterocycles. The molecule has 3 aromatic rings. The van der Waals surface area contributed by atoms with E-state index in [0.29, 0.717) is 23.8 Å². The topological polar surface area (TPSA) is 64.9 Å². The molecule has 0 fully saturated rings. The first-order valence-electron chi connectivity index (χ1n) is 6.15. The molecule has 0 aliphatic heterocycles. The Bertz CT molecular complexity index is 705. The van der Waals surface area contributed by atoms with Crippen LogP contribution in [0.5, 0.6) is 0 Å². The van der Waals surface area contributed by atoms with E-state index in [1.165, 1.54) is 12.1 Å². The fourth-order valence-corrected chi connectivity index (χ4v) is 1.84. The van der Waals surface area contributed by atoms with Gasteiger partial charge in [-0.1, -0.05) is 17.3 Å². The lowest BCUT2D eigenvalue weighted by molar-refractivity contribution is 0.432. The minimum Gasteiger partial charge on any atom is -0.334 e. The molecule has 0 saturated carbocycles. The molecule has 2 N–H and O–H groups in total. The van der Waals surface area contributed by atoms with Gasteiger partial charge in [0.25, 0.3) is 5.89 Å². The maximum Gasteiger partial charge on any atom is 0.258 e. The van der Waals surface area contributed by atoms with Crippen LogP contribution in [0.15, 0.2) is 53.1 Å². The number of nitrogens with zero attached hydrogens (tertiary/aromatic N) is 2. The van der Waals surface area contributed by atoms with Crippen LogP contribution in [0.4, 0.5) is 4.39 Å². The number of hydrogen-bond acceptors (Lipinski definition) is 4. The van der Waals surface area contributed by atoms with Crippen LogP contribution in [0, 0.1) is 5.82 Å². The Morgan fingerprint density at radius 3 is 2.25 bits per heavy atom. The molecule has 0 aliphatic rings. The van der Waals surface area contributed by atoms with Gasteiger partial charge in [0.15, 0.2) is 0 Å². The number of rotatable bonds is 3. The van der Waals surface area contributed by atoms with Gasteiger partial charge in [-0.2, -0.15) is 4.98 Å². The maximum absolute atomic E-state index is 12.9. The van der Waals surface area contributed by atoms with Crippen LogP contribution >= 0.6 is 0 Å². The lowest BCUT2D eigenvalue weighted by atomic mass is 10.1. The van der Waals surface area contributed by atoms with Crippen molar-refractivity contribution in [2.24, 2.45) is 5.73 Å². The van der Waals surface area contributed by atoms with Crippen molar-refractivity contribution < 1.29 is 8.91 Å². The molecule has 0 radical (unpaired) electrons. The van der Waals surface area contributed by atoms with Gasteiger partial charge < -0.3 is 10.3 Å². The molecule has 0 aliphatic carbocycles. The van der Waals surface area contributed by atoms with Crippen molar-refractivity contribution >= 4 is 0 Å². The second kappa shape index (κ2) is 5.22. The summed E-state index contributed by atoms with van der Waals surface area (Å²) in [6.07, 6.45) is 0. The van der Waals surface area contributed by atoms with E-state index in [2.05, 4.69) is 10.1 Å². The fourth-order valence-electron chi connectivity index (χ4n) is 1.84. The predicted molar refractivity (Wildman–Crippen MR) is 73.0 cm³/mol. The van der Waals surface area contributed by atoms with Crippen LogP contribution in [0.2, 0.25) is 0 Å². The summed E-state index contributed by atoms with van der Waals surface area (Å²) in [6, 6.07) is 13.5. The molecule has 0 unspecified atom stereocenters. The van der Waals surface area contributed by atoms with Crippen molar-refractivity contribution in [3.05, 3.63) is 59.9 Å². The fraction of sp³-hybridized carbons (Fsp3) is 0.0667. The van der Waals surface area contributed by atoms with Crippen LogP contribution < -0.4 is 5.73 Å². The average Bonchev–Trinajstić information content (AvgIpc) is 2.98. The summed E-state index contributed by atoms with van der Waals surface area (Å²) >= 11 is 0. The van der Waals surface area contributed by atoms with Crippen LogP contribution in [-0.4, -0.2) is 10.1 Å². The van der Waals surface area contributed by atoms with E-state index in [-0.39, 0.29) is 5.82 Å². The number of aromatic nitrogens is 2. The Kier molecular flexibility index (Phi) is 3.26. The van der Waals surface area contributed by atoms with Crippen LogP contribution in [0.25, 0.3) is 22.8 Å².